The molecule has 4 nitrogen and oxygen atoms in total. The van der Waals surface area contributed by atoms with Gasteiger partial charge in [0.2, 0.25) is 0 Å². The second-order valence-electron chi connectivity index (χ2n) is 21.9. The van der Waals surface area contributed by atoms with E-state index in [1.807, 2.05) is 146 Å². The normalized spacial score (nSPS) is 11.8. The molecular weight excluding hydrogens is 1030 g/mol. The van der Waals surface area contributed by atoms with E-state index in [-0.39, 0.29) is 11.6 Å². The van der Waals surface area contributed by atoms with Crippen LogP contribution >= 0.6 is 0 Å². The number of nitrogens with zero attached hydrogens (tertiary/aromatic N) is 2. The van der Waals surface area contributed by atoms with Crippen molar-refractivity contribution < 1.29 is 17.6 Å². The van der Waals surface area contributed by atoms with E-state index in [1.54, 1.807) is 0 Å². The molecule has 0 atom stereocenters. The number of aryl methyl sites for hydroxylation is 2. The van der Waals surface area contributed by atoms with E-state index in [4.69, 9.17) is 8.83 Å². The summed E-state index contributed by atoms with van der Waals surface area (Å²) in [5, 5.41) is 9.55. The summed E-state index contributed by atoms with van der Waals surface area (Å²) >= 11 is 0. The minimum Gasteiger partial charge on any atom is -0.454 e. The Balaban J connectivity index is 1.00. The van der Waals surface area contributed by atoms with Gasteiger partial charge in [0, 0.05) is 43.4 Å². The second kappa shape index (κ2) is 19.4. The van der Waals surface area contributed by atoms with E-state index in [2.05, 4.69) is 145 Å². The van der Waals surface area contributed by atoms with Gasteiger partial charge < -0.3 is 18.6 Å². The number of hydrogen-bond acceptors (Lipinski definition) is 4. The van der Waals surface area contributed by atoms with Gasteiger partial charge in [-0.05, 0) is 128 Å². The van der Waals surface area contributed by atoms with Crippen LogP contribution in [0, 0.1) is 25.5 Å². The Kier molecular flexibility index (Phi) is 11.3. The van der Waals surface area contributed by atoms with Crippen LogP contribution in [0.15, 0.2) is 276 Å². The highest BCUT2D eigenvalue weighted by molar-refractivity contribution is 6.29. The topological polar surface area (TPSA) is 32.8 Å². The van der Waals surface area contributed by atoms with Crippen molar-refractivity contribution in [2.75, 3.05) is 9.80 Å². The molecule has 14 aromatic carbocycles. The zero-order chi connectivity index (χ0) is 56.2. The first-order valence-electron chi connectivity index (χ1n) is 28.4. The van der Waals surface area contributed by atoms with Crippen molar-refractivity contribution in [1.29, 1.82) is 0 Å². The van der Waals surface area contributed by atoms with Gasteiger partial charge in [0.05, 0.1) is 34.1 Å². The maximum atomic E-state index is 18.6. The second-order valence-corrected chi connectivity index (χ2v) is 21.9. The van der Waals surface area contributed by atoms with E-state index < -0.39 is 0 Å². The SMILES string of the molecule is Cc1cccc2c1oc1c(N(c3cc(-c4ccccc4)cc(-c4ccccc4)c3F)c3ccc4ccc5c(N(c6cc(-c7ccccc7)cc(-c7ccccc7)c6F)c6cccc7c6oc6c(C)cccc67)ccc6ccc3c4c65)cccc12. The Labute approximate surface area is 483 Å². The molecule has 0 aliphatic carbocycles. The zero-order valence-corrected chi connectivity index (χ0v) is 45.9. The molecule has 0 unspecified atom stereocenters. The molecule has 16 aromatic rings. The number of fused-ring (bicyclic) bond motifs is 6. The molecule has 0 spiro atoms. The first-order valence-corrected chi connectivity index (χ1v) is 28.4. The maximum Gasteiger partial charge on any atom is 0.159 e. The Bertz CT molecular complexity index is 4920. The summed E-state index contributed by atoms with van der Waals surface area (Å²) in [6.45, 7) is 4.12. The van der Waals surface area contributed by atoms with Gasteiger partial charge in [0.1, 0.15) is 11.2 Å². The Morgan fingerprint density at radius 3 is 1.00 bits per heavy atom. The lowest BCUT2D eigenvalue weighted by Crippen LogP contribution is -2.14. The van der Waals surface area contributed by atoms with E-state index in [9.17, 15) is 0 Å². The third-order valence-corrected chi connectivity index (χ3v) is 17.0. The molecule has 0 N–H and O–H groups in total. The summed E-state index contributed by atoms with van der Waals surface area (Å²) in [4.78, 5) is 4.13. The van der Waals surface area contributed by atoms with Crippen LogP contribution in [0.1, 0.15) is 11.1 Å². The number of benzene rings is 14. The molecule has 0 fully saturated rings. The molecule has 0 amide bonds. The van der Waals surface area contributed by atoms with Gasteiger partial charge in [-0.15, -0.1) is 0 Å². The van der Waals surface area contributed by atoms with Gasteiger partial charge in [0.25, 0.3) is 0 Å². The molecule has 0 bridgehead atoms. The highest BCUT2D eigenvalue weighted by atomic mass is 19.1. The molecule has 2 aromatic heterocycles. The van der Waals surface area contributed by atoms with Gasteiger partial charge in [-0.2, -0.15) is 0 Å². The van der Waals surface area contributed by atoms with Crippen molar-refractivity contribution in [3.8, 4) is 44.5 Å². The van der Waals surface area contributed by atoms with Crippen molar-refractivity contribution in [1.82, 2.24) is 0 Å². The summed E-state index contributed by atoms with van der Waals surface area (Å²) in [5.41, 5.74) is 14.5. The van der Waals surface area contributed by atoms with Crippen LogP contribution in [0.3, 0.4) is 0 Å². The Morgan fingerprint density at radius 2 is 0.607 bits per heavy atom. The largest absolute Gasteiger partial charge is 0.454 e. The van der Waals surface area contributed by atoms with Crippen LogP contribution in [-0.4, -0.2) is 0 Å². The van der Waals surface area contributed by atoms with Crippen molar-refractivity contribution in [2.24, 2.45) is 0 Å². The highest BCUT2D eigenvalue weighted by Crippen LogP contribution is 2.53. The van der Waals surface area contributed by atoms with E-state index in [0.29, 0.717) is 45.0 Å². The van der Waals surface area contributed by atoms with Gasteiger partial charge in [-0.25, -0.2) is 8.78 Å². The summed E-state index contributed by atoms with van der Waals surface area (Å²) < 4.78 is 51.2. The average molecular weight is 1090 g/mol. The third-order valence-electron chi connectivity index (χ3n) is 17.0. The van der Waals surface area contributed by atoms with E-state index in [1.165, 1.54) is 0 Å². The van der Waals surface area contributed by atoms with Gasteiger partial charge in [0.15, 0.2) is 22.8 Å². The number of para-hydroxylation sites is 4. The molecule has 0 aliphatic rings. The van der Waals surface area contributed by atoms with Gasteiger partial charge in [-0.1, -0.05) is 218 Å². The third kappa shape index (κ3) is 7.71. The lowest BCUT2D eigenvalue weighted by molar-refractivity contribution is 0.631. The minimum atomic E-state index is -0.376. The fourth-order valence-corrected chi connectivity index (χ4v) is 13.0. The molecule has 0 aliphatic heterocycles. The van der Waals surface area contributed by atoms with Crippen molar-refractivity contribution >= 4 is 110 Å². The van der Waals surface area contributed by atoms with Crippen LogP contribution in [-0.2, 0) is 0 Å². The summed E-state index contributed by atoms with van der Waals surface area (Å²) in [6.07, 6.45) is 0. The zero-order valence-electron chi connectivity index (χ0n) is 45.9. The Morgan fingerprint density at radius 1 is 0.262 bits per heavy atom. The number of anilines is 6. The van der Waals surface area contributed by atoms with Gasteiger partial charge in [-0.3, -0.25) is 0 Å². The first kappa shape index (κ1) is 49.0. The molecule has 84 heavy (non-hydrogen) atoms. The molecular formula is C78H50F2N2O2. The quantitative estimate of drug-likeness (QED) is 0.128. The molecule has 0 saturated carbocycles. The summed E-state index contributed by atoms with van der Waals surface area (Å²) in [7, 11) is 0. The molecule has 2 heterocycles. The van der Waals surface area contributed by atoms with Crippen LogP contribution in [0.25, 0.3) is 121 Å². The fourth-order valence-electron chi connectivity index (χ4n) is 13.0. The van der Waals surface area contributed by atoms with Crippen LogP contribution < -0.4 is 9.80 Å². The first-order chi connectivity index (χ1) is 41.3. The number of hydrogen-bond donors (Lipinski definition) is 0. The lowest BCUT2D eigenvalue weighted by atomic mass is 9.91. The number of halogens is 2. The fraction of sp³-hybridized carbons (Fsp3) is 0.0256. The molecule has 0 saturated heterocycles. The van der Waals surface area contributed by atoms with Crippen LogP contribution in [0.5, 0.6) is 0 Å². The van der Waals surface area contributed by atoms with Crippen molar-refractivity contribution in [2.45, 2.75) is 13.8 Å². The number of rotatable bonds is 10. The van der Waals surface area contributed by atoms with Crippen molar-refractivity contribution in [3.05, 3.63) is 290 Å². The minimum absolute atomic E-state index is 0.360. The Hall–Kier alpha value is -10.8. The van der Waals surface area contributed by atoms with E-state index in [0.717, 1.165) is 121 Å². The van der Waals surface area contributed by atoms with Crippen LogP contribution in [0.4, 0.5) is 42.9 Å². The molecule has 16 rings (SSSR count). The monoisotopic (exact) mass is 1080 g/mol. The predicted molar refractivity (Wildman–Crippen MR) is 345 cm³/mol. The maximum absolute atomic E-state index is 18.6. The smallest absolute Gasteiger partial charge is 0.159 e. The summed E-state index contributed by atoms with van der Waals surface area (Å²) in [6, 6.07) is 89.6. The summed E-state index contributed by atoms with van der Waals surface area (Å²) in [5.74, 6) is -0.753. The predicted octanol–water partition coefficient (Wildman–Crippen LogP) is 22.9. The lowest BCUT2D eigenvalue weighted by Gasteiger charge is -2.30. The van der Waals surface area contributed by atoms with E-state index >= 15 is 8.78 Å². The average Bonchev–Trinajstić information content (AvgIpc) is 1.44. The highest BCUT2D eigenvalue weighted by Gasteiger charge is 2.30. The molecule has 398 valence electrons. The standard InChI is InChI=1S/C78H50F2N2O2/c1-47-19-15-29-57-59-31-17-33-67(77(59)83-75(47)57)81(69-45-55(49-21-7-3-8-22-49)43-63(73(69)79)51-25-11-5-12-26-51)65-41-37-53-36-40-62-66(42-38-54-35-39-61(65)71(53)72(54)62)82(68-34-18-32-60-58-30-16-20-48(2)76(58)84-78(60)68)70-46-56(50-23-9-4-10-24-50)44-64(74(70)80)52-27-13-6-14-28-52/h3-46H,1-2H3. The van der Waals surface area contributed by atoms with Crippen molar-refractivity contribution in [3.63, 3.8) is 0 Å². The molecule has 6 heteroatoms. The number of furan rings is 2. The van der Waals surface area contributed by atoms with Crippen LogP contribution in [0.2, 0.25) is 0 Å². The van der Waals surface area contributed by atoms with Gasteiger partial charge >= 0.3 is 0 Å². The molecule has 0 radical (unpaired) electrons.